The average molecular weight is 218 g/mol. The molecule has 0 aliphatic carbocycles. The zero-order valence-electron chi connectivity index (χ0n) is 8.60. The summed E-state index contributed by atoms with van der Waals surface area (Å²) in [6.45, 7) is 0. The summed E-state index contributed by atoms with van der Waals surface area (Å²) in [6, 6.07) is 5.08. The Balaban J connectivity index is 2.89. The van der Waals surface area contributed by atoms with Crippen molar-refractivity contribution in [2.75, 3.05) is 12.8 Å². The Kier molecular flexibility index (Phi) is 2.36. The molecule has 5 nitrogen and oxygen atoms in total. The number of hydrogen-bond acceptors (Lipinski definition) is 4. The van der Waals surface area contributed by atoms with Crippen LogP contribution in [0.4, 0.5) is 5.69 Å². The van der Waals surface area contributed by atoms with Gasteiger partial charge in [0.05, 0.1) is 24.6 Å². The van der Waals surface area contributed by atoms with Gasteiger partial charge in [-0.25, -0.2) is 4.79 Å². The van der Waals surface area contributed by atoms with Crippen LogP contribution in [0.2, 0.25) is 0 Å². The predicted molar refractivity (Wildman–Crippen MR) is 59.7 cm³/mol. The van der Waals surface area contributed by atoms with E-state index in [9.17, 15) is 4.79 Å². The molecule has 1 heterocycles. The van der Waals surface area contributed by atoms with Crippen LogP contribution < -0.4 is 10.5 Å². The summed E-state index contributed by atoms with van der Waals surface area (Å²) in [5.41, 5.74) is 6.30. The van der Waals surface area contributed by atoms with Crippen LogP contribution in [0.15, 0.2) is 24.4 Å². The van der Waals surface area contributed by atoms with E-state index in [1.54, 1.807) is 18.2 Å². The molecule has 0 atom stereocenters. The summed E-state index contributed by atoms with van der Waals surface area (Å²) in [5.74, 6) is -0.543. The molecule has 0 aliphatic heterocycles. The molecule has 2 rings (SSSR count). The molecule has 0 radical (unpaired) electrons. The minimum absolute atomic E-state index is 0.0592. The maximum atomic E-state index is 11.1. The Hall–Kier alpha value is -2.30. The molecule has 0 unspecified atom stereocenters. The topological polar surface area (TPSA) is 85.4 Å². The number of nitrogens with two attached hydrogens (primary N) is 1. The lowest BCUT2D eigenvalue weighted by Crippen LogP contribution is -2.04. The van der Waals surface area contributed by atoms with Gasteiger partial charge in [0.25, 0.3) is 0 Å². The molecule has 0 bridgehead atoms. The highest BCUT2D eigenvalue weighted by Crippen LogP contribution is 2.28. The third-order valence-electron chi connectivity index (χ3n) is 2.32. The number of carboxylic acid groups (broad SMARTS) is 1. The first kappa shape index (κ1) is 10.2. The summed E-state index contributed by atoms with van der Waals surface area (Å²) in [7, 11) is 1.51. The van der Waals surface area contributed by atoms with Gasteiger partial charge in [0.2, 0.25) is 0 Å². The van der Waals surface area contributed by atoms with Gasteiger partial charge in [-0.1, -0.05) is 12.1 Å². The number of anilines is 1. The average Bonchev–Trinajstić information content (AvgIpc) is 2.27. The van der Waals surface area contributed by atoms with E-state index in [-0.39, 0.29) is 11.3 Å². The fourth-order valence-electron chi connectivity index (χ4n) is 1.61. The van der Waals surface area contributed by atoms with Gasteiger partial charge in [0.15, 0.2) is 0 Å². The molecule has 82 valence electrons. The van der Waals surface area contributed by atoms with Crippen molar-refractivity contribution in [2.45, 2.75) is 0 Å². The zero-order chi connectivity index (χ0) is 11.7. The van der Waals surface area contributed by atoms with Crippen LogP contribution in [0.1, 0.15) is 10.4 Å². The third-order valence-corrected chi connectivity index (χ3v) is 2.32. The molecule has 1 aromatic carbocycles. The number of methoxy groups -OCH3 is 1. The SMILES string of the molecule is COc1cccc2c(C(=O)O)c(N)cnc12. The fraction of sp³-hybridized carbons (Fsp3) is 0.0909. The van der Waals surface area contributed by atoms with Crippen molar-refractivity contribution in [1.82, 2.24) is 4.98 Å². The summed E-state index contributed by atoms with van der Waals surface area (Å²) < 4.78 is 5.11. The summed E-state index contributed by atoms with van der Waals surface area (Å²) >= 11 is 0. The Morgan fingerprint density at radius 2 is 2.25 bits per heavy atom. The summed E-state index contributed by atoms with van der Waals surface area (Å²) in [5, 5.41) is 9.56. The smallest absolute Gasteiger partial charge is 0.338 e. The van der Waals surface area contributed by atoms with Crippen molar-refractivity contribution in [3.8, 4) is 5.75 Å². The number of hydrogen-bond donors (Lipinski definition) is 2. The number of aromatic carboxylic acids is 1. The van der Waals surface area contributed by atoms with Crippen LogP contribution >= 0.6 is 0 Å². The molecule has 2 aromatic rings. The molecule has 3 N–H and O–H groups in total. The fourth-order valence-corrected chi connectivity index (χ4v) is 1.61. The van der Waals surface area contributed by atoms with Crippen LogP contribution in [-0.4, -0.2) is 23.2 Å². The van der Waals surface area contributed by atoms with Gasteiger partial charge in [-0.3, -0.25) is 4.98 Å². The maximum Gasteiger partial charge on any atom is 0.338 e. The lowest BCUT2D eigenvalue weighted by Gasteiger charge is -2.08. The first-order valence-electron chi connectivity index (χ1n) is 4.59. The maximum absolute atomic E-state index is 11.1. The lowest BCUT2D eigenvalue weighted by molar-refractivity contribution is 0.0700. The van der Waals surface area contributed by atoms with Gasteiger partial charge >= 0.3 is 5.97 Å². The highest BCUT2D eigenvalue weighted by Gasteiger charge is 2.15. The number of pyridine rings is 1. The van der Waals surface area contributed by atoms with E-state index in [0.29, 0.717) is 16.7 Å². The number of carbonyl (C=O) groups is 1. The van der Waals surface area contributed by atoms with Crippen LogP contribution in [0.5, 0.6) is 5.75 Å². The lowest BCUT2D eigenvalue weighted by atomic mass is 10.1. The largest absolute Gasteiger partial charge is 0.494 e. The van der Waals surface area contributed by atoms with Crippen molar-refractivity contribution in [1.29, 1.82) is 0 Å². The molecule has 0 saturated carbocycles. The highest BCUT2D eigenvalue weighted by atomic mass is 16.5. The molecular weight excluding hydrogens is 208 g/mol. The molecule has 16 heavy (non-hydrogen) atoms. The van der Waals surface area contributed by atoms with E-state index in [2.05, 4.69) is 4.98 Å². The van der Waals surface area contributed by atoms with Gasteiger partial charge in [-0.2, -0.15) is 0 Å². The van der Waals surface area contributed by atoms with Gasteiger partial charge in [0.1, 0.15) is 11.3 Å². The predicted octanol–water partition coefficient (Wildman–Crippen LogP) is 1.52. The van der Waals surface area contributed by atoms with E-state index in [4.69, 9.17) is 15.6 Å². The first-order valence-corrected chi connectivity index (χ1v) is 4.59. The normalized spacial score (nSPS) is 10.3. The van der Waals surface area contributed by atoms with Crippen molar-refractivity contribution in [3.63, 3.8) is 0 Å². The standard InChI is InChI=1S/C11H10N2O3/c1-16-8-4-2-3-6-9(11(14)15)7(12)5-13-10(6)8/h2-5H,12H2,1H3,(H,14,15). The second-order valence-corrected chi connectivity index (χ2v) is 3.25. The van der Waals surface area contributed by atoms with E-state index < -0.39 is 5.97 Å². The monoisotopic (exact) mass is 218 g/mol. The van der Waals surface area contributed by atoms with Crippen molar-refractivity contribution in [3.05, 3.63) is 30.0 Å². The quantitative estimate of drug-likeness (QED) is 0.798. The van der Waals surface area contributed by atoms with Crippen molar-refractivity contribution in [2.24, 2.45) is 0 Å². The van der Waals surface area contributed by atoms with Gasteiger partial charge in [-0.05, 0) is 6.07 Å². The van der Waals surface area contributed by atoms with Gasteiger partial charge in [-0.15, -0.1) is 0 Å². The van der Waals surface area contributed by atoms with Crippen molar-refractivity contribution >= 4 is 22.6 Å². The van der Waals surface area contributed by atoms with E-state index in [1.807, 2.05) is 0 Å². The molecule has 0 amide bonds. The Morgan fingerprint density at radius 3 is 2.88 bits per heavy atom. The number of ether oxygens (including phenoxy) is 1. The number of aromatic nitrogens is 1. The van der Waals surface area contributed by atoms with Gasteiger partial charge in [0, 0.05) is 5.39 Å². The number of carboxylic acids is 1. The van der Waals surface area contributed by atoms with E-state index >= 15 is 0 Å². The molecule has 5 heteroatoms. The molecule has 0 spiro atoms. The van der Waals surface area contributed by atoms with E-state index in [0.717, 1.165) is 0 Å². The summed E-state index contributed by atoms with van der Waals surface area (Å²) in [6.07, 6.45) is 1.33. The van der Waals surface area contributed by atoms with Crippen LogP contribution in [-0.2, 0) is 0 Å². The van der Waals surface area contributed by atoms with Crippen LogP contribution in [0, 0.1) is 0 Å². The number of benzene rings is 1. The Morgan fingerprint density at radius 1 is 1.50 bits per heavy atom. The molecule has 1 aromatic heterocycles. The van der Waals surface area contributed by atoms with Crippen molar-refractivity contribution < 1.29 is 14.6 Å². The van der Waals surface area contributed by atoms with Crippen LogP contribution in [0.25, 0.3) is 10.9 Å². The number of nitrogens with zero attached hydrogens (tertiary/aromatic N) is 1. The highest BCUT2D eigenvalue weighted by molar-refractivity contribution is 6.08. The first-order chi connectivity index (χ1) is 7.65. The molecular formula is C11H10N2O3. The number of fused-ring (bicyclic) bond motifs is 1. The Labute approximate surface area is 91.5 Å². The number of nitrogen functional groups attached to an aromatic ring is 1. The number of para-hydroxylation sites is 1. The second-order valence-electron chi connectivity index (χ2n) is 3.25. The van der Waals surface area contributed by atoms with Gasteiger partial charge < -0.3 is 15.6 Å². The minimum atomic E-state index is -1.07. The number of rotatable bonds is 2. The molecule has 0 fully saturated rings. The molecule has 0 saturated heterocycles. The summed E-state index contributed by atoms with van der Waals surface area (Å²) in [4.78, 5) is 15.2. The van der Waals surface area contributed by atoms with E-state index in [1.165, 1.54) is 13.3 Å². The minimum Gasteiger partial charge on any atom is -0.494 e. The molecule has 0 aliphatic rings. The third kappa shape index (κ3) is 1.42. The zero-order valence-corrected chi connectivity index (χ0v) is 8.60. The second kappa shape index (κ2) is 3.69. The Bertz CT molecular complexity index is 566. The van der Waals surface area contributed by atoms with Crippen LogP contribution in [0.3, 0.4) is 0 Å².